The van der Waals surface area contributed by atoms with Gasteiger partial charge in [0.15, 0.2) is 0 Å². The number of hydrogen-bond acceptors (Lipinski definition) is 7. The molecule has 0 unspecified atom stereocenters. The van der Waals surface area contributed by atoms with Crippen molar-refractivity contribution in [3.05, 3.63) is 97.7 Å². The summed E-state index contributed by atoms with van der Waals surface area (Å²) in [6.45, 7) is 22.0. The molecule has 1 amide bonds. The van der Waals surface area contributed by atoms with Gasteiger partial charge in [-0.1, -0.05) is 74.9 Å². The zero-order chi connectivity index (χ0) is 30.9. The van der Waals surface area contributed by atoms with Crippen molar-refractivity contribution >= 4 is 5.91 Å². The number of nitrogens with one attached hydrogen (secondary N) is 2. The lowest BCUT2D eigenvalue weighted by Gasteiger charge is -2.20. The second-order valence-electron chi connectivity index (χ2n) is 10.1. The number of nitrogens with zero attached hydrogens (tertiary/aromatic N) is 3. The van der Waals surface area contributed by atoms with Crippen molar-refractivity contribution in [3.63, 3.8) is 0 Å². The number of carbonyl (C=O) groups excluding carboxylic acids is 1. The van der Waals surface area contributed by atoms with E-state index in [1.807, 2.05) is 56.6 Å². The average Bonchev–Trinajstić information content (AvgIpc) is 2.95. The van der Waals surface area contributed by atoms with Gasteiger partial charge in [-0.25, -0.2) is 0 Å². The number of carbonyl (C=O) groups is 1. The lowest BCUT2D eigenvalue weighted by Crippen LogP contribution is -2.25. The molecule has 0 fully saturated rings. The molecule has 0 heterocycles. The van der Waals surface area contributed by atoms with Crippen LogP contribution >= 0.6 is 0 Å². The van der Waals surface area contributed by atoms with Gasteiger partial charge < -0.3 is 26.2 Å². The van der Waals surface area contributed by atoms with Crippen molar-refractivity contribution < 1.29 is 10.0 Å². The molecule has 8 heteroatoms. The molecule has 0 aromatic rings. The third-order valence-corrected chi connectivity index (χ3v) is 6.45. The van der Waals surface area contributed by atoms with E-state index in [0.717, 1.165) is 73.9 Å². The van der Waals surface area contributed by atoms with Crippen LogP contribution in [0.2, 0.25) is 0 Å². The molecular weight excluding hydrogens is 512 g/mol. The monoisotopic (exact) mass is 568 g/mol. The molecule has 0 aliphatic carbocycles. The van der Waals surface area contributed by atoms with Crippen molar-refractivity contribution in [3.8, 4) is 0 Å². The van der Waals surface area contributed by atoms with E-state index < -0.39 is 0 Å². The van der Waals surface area contributed by atoms with Gasteiger partial charge in [-0.15, -0.1) is 0 Å². The van der Waals surface area contributed by atoms with Crippen molar-refractivity contribution in [1.82, 2.24) is 25.5 Å². The maximum absolute atomic E-state index is 11.2. The van der Waals surface area contributed by atoms with Crippen molar-refractivity contribution in [2.24, 2.45) is 5.73 Å². The zero-order valence-corrected chi connectivity index (χ0v) is 25.9. The van der Waals surface area contributed by atoms with Gasteiger partial charge in [0.2, 0.25) is 5.91 Å². The first kappa shape index (κ1) is 37.5. The predicted molar refractivity (Wildman–Crippen MR) is 175 cm³/mol. The van der Waals surface area contributed by atoms with Gasteiger partial charge in [0.25, 0.3) is 0 Å². The van der Waals surface area contributed by atoms with E-state index in [0.29, 0.717) is 38.2 Å². The first-order valence-electron chi connectivity index (χ1n) is 14.5. The number of amides is 1. The Morgan fingerprint density at radius 2 is 1.34 bits per heavy atom. The Labute approximate surface area is 250 Å². The van der Waals surface area contributed by atoms with Crippen molar-refractivity contribution in [2.75, 3.05) is 53.4 Å². The average molecular weight is 569 g/mol. The van der Waals surface area contributed by atoms with Crippen LogP contribution < -0.4 is 16.4 Å². The van der Waals surface area contributed by atoms with Gasteiger partial charge >= 0.3 is 0 Å². The molecule has 8 nitrogen and oxygen atoms in total. The van der Waals surface area contributed by atoms with Gasteiger partial charge in [0.05, 0.1) is 6.54 Å². The molecular formula is C33H56N6O2. The third kappa shape index (κ3) is 21.9. The molecule has 0 spiro atoms. The summed E-state index contributed by atoms with van der Waals surface area (Å²) in [5, 5.41) is 17.9. The van der Waals surface area contributed by atoms with E-state index >= 15 is 0 Å². The van der Waals surface area contributed by atoms with Crippen molar-refractivity contribution in [2.45, 2.75) is 51.9 Å². The van der Waals surface area contributed by atoms with Crippen LogP contribution in [0.4, 0.5) is 0 Å². The number of likely N-dealkylation sites (N-methyl/N-ethyl adjacent to an activating group) is 1. The largest absolute Gasteiger partial charge is 0.389 e. The number of allylic oxidation sites excluding steroid dienone is 8. The summed E-state index contributed by atoms with van der Waals surface area (Å²) >= 11 is 0. The van der Waals surface area contributed by atoms with Crippen LogP contribution in [0, 0.1) is 0 Å². The van der Waals surface area contributed by atoms with Crippen LogP contribution in [0.5, 0.6) is 0 Å². The second kappa shape index (κ2) is 24.3. The highest BCUT2D eigenvalue weighted by atomic mass is 16.5. The molecule has 0 aromatic heterocycles. The number of rotatable bonds is 25. The molecule has 41 heavy (non-hydrogen) atoms. The minimum atomic E-state index is 0.118. The lowest BCUT2D eigenvalue weighted by atomic mass is 10.2. The Kier molecular flexibility index (Phi) is 22.2. The predicted octanol–water partition coefficient (Wildman–Crippen LogP) is 5.24. The van der Waals surface area contributed by atoms with E-state index in [2.05, 4.69) is 47.9 Å². The minimum Gasteiger partial charge on any atom is -0.389 e. The fourth-order valence-corrected chi connectivity index (χ4v) is 3.46. The van der Waals surface area contributed by atoms with Crippen LogP contribution in [-0.4, -0.2) is 79.3 Å². The zero-order valence-electron chi connectivity index (χ0n) is 25.9. The minimum absolute atomic E-state index is 0.118. The molecule has 0 aliphatic heterocycles. The number of hydrogen-bond donors (Lipinski definition) is 4. The standard InChI is InChI=1S/C33H56N6O2/c1-29(36-25-15-12-17-27-38(7)33(5)40)19-21-31(3)37(6)26-16-11-9-14-24-35-30(2)20-22-32(4)39(41)28-18-10-8-13-23-34/h8-11,13-14,16,18,35-36,41H,1-4,12,15,17,19-28,34H2,5-7H3/b13-8+,14-9+,16-11+,18-10+. The van der Waals surface area contributed by atoms with Crippen LogP contribution in [-0.2, 0) is 4.79 Å². The topological polar surface area (TPSA) is 97.1 Å². The maximum atomic E-state index is 11.2. The number of nitrogens with two attached hydrogens (primary N) is 1. The first-order chi connectivity index (χ1) is 19.6. The van der Waals surface area contributed by atoms with Gasteiger partial charge in [-0.05, 0) is 44.9 Å². The van der Waals surface area contributed by atoms with Crippen LogP contribution in [0.15, 0.2) is 97.7 Å². The van der Waals surface area contributed by atoms with Gasteiger partial charge in [0, 0.05) is 76.5 Å². The van der Waals surface area contributed by atoms with Gasteiger partial charge in [0.1, 0.15) is 0 Å². The van der Waals surface area contributed by atoms with E-state index in [1.165, 1.54) is 0 Å². The summed E-state index contributed by atoms with van der Waals surface area (Å²) in [5.41, 5.74) is 9.05. The molecule has 0 saturated heterocycles. The Bertz CT molecular complexity index is 919. The Morgan fingerprint density at radius 3 is 2.00 bits per heavy atom. The highest BCUT2D eigenvalue weighted by Crippen LogP contribution is 2.11. The molecule has 0 saturated carbocycles. The highest BCUT2D eigenvalue weighted by Gasteiger charge is 2.04. The fourth-order valence-electron chi connectivity index (χ4n) is 3.46. The second-order valence-corrected chi connectivity index (χ2v) is 10.1. The smallest absolute Gasteiger partial charge is 0.219 e. The molecule has 230 valence electrons. The Hall–Kier alpha value is -3.49. The van der Waals surface area contributed by atoms with Crippen LogP contribution in [0.1, 0.15) is 51.9 Å². The Morgan fingerprint density at radius 1 is 0.756 bits per heavy atom. The number of unbranched alkanes of at least 4 members (excludes halogenated alkanes) is 2. The van der Waals surface area contributed by atoms with Gasteiger partial charge in [-0.3, -0.25) is 15.1 Å². The summed E-state index contributed by atoms with van der Waals surface area (Å²) in [5.74, 6) is 0.118. The molecule has 0 aliphatic rings. The first-order valence-corrected chi connectivity index (χ1v) is 14.5. The molecule has 0 atom stereocenters. The summed E-state index contributed by atoms with van der Waals surface area (Å²) in [6.07, 6.45) is 21.8. The normalized spacial score (nSPS) is 11.4. The fraction of sp³-hybridized carbons (Fsp3) is 0.485. The quantitative estimate of drug-likeness (QED) is 0.0680. The summed E-state index contributed by atoms with van der Waals surface area (Å²) in [6, 6.07) is 0. The van der Waals surface area contributed by atoms with Gasteiger partial charge in [-0.2, -0.15) is 0 Å². The molecule has 0 bridgehead atoms. The van der Waals surface area contributed by atoms with Crippen molar-refractivity contribution in [1.29, 1.82) is 0 Å². The highest BCUT2D eigenvalue weighted by molar-refractivity contribution is 5.72. The third-order valence-electron chi connectivity index (χ3n) is 6.45. The number of hydroxylamine groups is 2. The Balaban J connectivity index is 3.96. The van der Waals surface area contributed by atoms with E-state index in [-0.39, 0.29) is 5.91 Å². The summed E-state index contributed by atoms with van der Waals surface area (Å²) in [7, 11) is 3.89. The molecule has 0 radical (unpaired) electrons. The molecule has 5 N–H and O–H groups in total. The van der Waals surface area contributed by atoms with E-state index in [9.17, 15) is 10.0 Å². The van der Waals surface area contributed by atoms with Crippen LogP contribution in [0.25, 0.3) is 0 Å². The molecule has 0 aromatic carbocycles. The lowest BCUT2D eigenvalue weighted by molar-refractivity contribution is -0.127. The summed E-state index contributed by atoms with van der Waals surface area (Å²) in [4.78, 5) is 15.1. The van der Waals surface area contributed by atoms with E-state index in [4.69, 9.17) is 5.73 Å². The SMILES string of the molecule is C=C(CCC(=C)N(O)C/C=C/C=C/CN)NC/C=C/C=C/CN(C)C(=C)CCC(=C)NCCCCCN(C)C(C)=O. The van der Waals surface area contributed by atoms with Crippen LogP contribution in [0.3, 0.4) is 0 Å². The maximum Gasteiger partial charge on any atom is 0.219 e. The van der Waals surface area contributed by atoms with E-state index in [1.54, 1.807) is 11.8 Å². The molecule has 0 rings (SSSR count). The summed E-state index contributed by atoms with van der Waals surface area (Å²) < 4.78 is 0.